The fraction of sp³-hybridized carbons (Fsp3) is 0.333. The molecule has 0 spiro atoms. The lowest BCUT2D eigenvalue weighted by atomic mass is 10.1. The zero-order chi connectivity index (χ0) is 12.4. The van der Waals surface area contributed by atoms with Crippen LogP contribution >= 0.6 is 0 Å². The molecule has 0 aliphatic carbocycles. The first-order chi connectivity index (χ1) is 8.85. The number of hydrogen-bond donors (Lipinski definition) is 0. The molecule has 3 rings (SSSR count). The van der Waals surface area contributed by atoms with Gasteiger partial charge in [-0.05, 0) is 30.2 Å². The molecule has 1 aliphatic heterocycles. The van der Waals surface area contributed by atoms with Crippen LogP contribution in [0, 0.1) is 0 Å². The van der Waals surface area contributed by atoms with E-state index in [2.05, 4.69) is 30.0 Å². The van der Waals surface area contributed by atoms with E-state index in [4.69, 9.17) is 9.15 Å². The molecule has 0 unspecified atom stereocenters. The standard InChI is InChI=1S/C15H17NO2/c1-2-12-5-6-15-13(8-12)9-16(11-18-15)10-14-4-3-7-17-14/h3-8H,2,9-11H2,1H3. The Morgan fingerprint density at radius 3 is 3.00 bits per heavy atom. The van der Waals surface area contributed by atoms with E-state index in [1.807, 2.05) is 12.1 Å². The number of rotatable bonds is 3. The number of fused-ring (bicyclic) bond motifs is 1. The molecule has 0 N–H and O–H groups in total. The van der Waals surface area contributed by atoms with E-state index in [-0.39, 0.29) is 0 Å². The zero-order valence-electron chi connectivity index (χ0n) is 10.6. The Morgan fingerprint density at radius 2 is 2.22 bits per heavy atom. The van der Waals surface area contributed by atoms with Crippen LogP contribution in [0.25, 0.3) is 0 Å². The van der Waals surface area contributed by atoms with Crippen molar-refractivity contribution in [3.05, 3.63) is 53.5 Å². The summed E-state index contributed by atoms with van der Waals surface area (Å²) in [5.74, 6) is 2.00. The van der Waals surface area contributed by atoms with Crippen molar-refractivity contribution in [3.63, 3.8) is 0 Å². The third-order valence-corrected chi connectivity index (χ3v) is 3.29. The molecule has 1 aliphatic rings. The topological polar surface area (TPSA) is 25.6 Å². The second kappa shape index (κ2) is 4.86. The van der Waals surface area contributed by atoms with Crippen LogP contribution in [0.15, 0.2) is 41.0 Å². The minimum absolute atomic E-state index is 0.624. The van der Waals surface area contributed by atoms with Crippen LogP contribution in [0.4, 0.5) is 0 Å². The van der Waals surface area contributed by atoms with E-state index < -0.39 is 0 Å². The van der Waals surface area contributed by atoms with E-state index in [0.717, 1.165) is 31.0 Å². The van der Waals surface area contributed by atoms with Crippen molar-refractivity contribution in [3.8, 4) is 5.75 Å². The molecule has 94 valence electrons. The maximum absolute atomic E-state index is 5.77. The lowest BCUT2D eigenvalue weighted by Crippen LogP contribution is -2.31. The molecular weight excluding hydrogens is 226 g/mol. The van der Waals surface area contributed by atoms with Crippen molar-refractivity contribution in [2.45, 2.75) is 26.4 Å². The summed E-state index contributed by atoms with van der Waals surface area (Å²) in [6.45, 7) is 4.51. The zero-order valence-corrected chi connectivity index (χ0v) is 10.6. The van der Waals surface area contributed by atoms with E-state index in [9.17, 15) is 0 Å². The van der Waals surface area contributed by atoms with Gasteiger partial charge in [-0.25, -0.2) is 0 Å². The third-order valence-electron chi connectivity index (χ3n) is 3.29. The highest BCUT2D eigenvalue weighted by atomic mass is 16.5. The first kappa shape index (κ1) is 11.4. The fourth-order valence-corrected chi connectivity index (χ4v) is 2.29. The highest BCUT2D eigenvalue weighted by Gasteiger charge is 2.18. The van der Waals surface area contributed by atoms with Gasteiger partial charge in [-0.15, -0.1) is 0 Å². The molecular formula is C15H17NO2. The molecule has 0 saturated heterocycles. The summed E-state index contributed by atoms with van der Waals surface area (Å²) in [5, 5.41) is 0. The molecule has 1 aromatic heterocycles. The van der Waals surface area contributed by atoms with Gasteiger partial charge in [0.15, 0.2) is 0 Å². The van der Waals surface area contributed by atoms with Gasteiger partial charge in [0.1, 0.15) is 18.2 Å². The van der Waals surface area contributed by atoms with E-state index in [0.29, 0.717) is 6.73 Å². The highest BCUT2D eigenvalue weighted by Crippen LogP contribution is 2.27. The van der Waals surface area contributed by atoms with Crippen LogP contribution < -0.4 is 4.74 Å². The van der Waals surface area contributed by atoms with Crippen LogP contribution in [0.1, 0.15) is 23.8 Å². The minimum atomic E-state index is 0.624. The molecule has 3 nitrogen and oxygen atoms in total. The predicted molar refractivity (Wildman–Crippen MR) is 69.3 cm³/mol. The molecule has 0 radical (unpaired) electrons. The summed E-state index contributed by atoms with van der Waals surface area (Å²) in [6.07, 6.45) is 2.77. The van der Waals surface area contributed by atoms with Crippen LogP contribution in [0.2, 0.25) is 0 Å². The monoisotopic (exact) mass is 243 g/mol. The Morgan fingerprint density at radius 1 is 1.28 bits per heavy atom. The van der Waals surface area contributed by atoms with Crippen molar-refractivity contribution in [1.29, 1.82) is 0 Å². The number of aryl methyl sites for hydroxylation is 1. The molecule has 2 heterocycles. The first-order valence-electron chi connectivity index (χ1n) is 6.34. The Hall–Kier alpha value is -1.74. The molecule has 0 fully saturated rings. The molecule has 2 aromatic rings. The van der Waals surface area contributed by atoms with Crippen LogP contribution in [-0.2, 0) is 19.5 Å². The van der Waals surface area contributed by atoms with Gasteiger partial charge in [0.2, 0.25) is 0 Å². The average Bonchev–Trinajstić information content (AvgIpc) is 2.90. The van der Waals surface area contributed by atoms with Crippen molar-refractivity contribution in [1.82, 2.24) is 4.90 Å². The quantitative estimate of drug-likeness (QED) is 0.828. The van der Waals surface area contributed by atoms with Gasteiger partial charge >= 0.3 is 0 Å². The summed E-state index contributed by atoms with van der Waals surface area (Å²) in [4.78, 5) is 2.24. The first-order valence-corrected chi connectivity index (χ1v) is 6.34. The van der Waals surface area contributed by atoms with Gasteiger partial charge in [-0.2, -0.15) is 0 Å². The van der Waals surface area contributed by atoms with Gasteiger partial charge in [0.25, 0.3) is 0 Å². The molecule has 0 atom stereocenters. The van der Waals surface area contributed by atoms with Gasteiger partial charge in [-0.1, -0.05) is 19.1 Å². The number of hydrogen-bond acceptors (Lipinski definition) is 3. The van der Waals surface area contributed by atoms with Crippen LogP contribution in [-0.4, -0.2) is 11.6 Å². The summed E-state index contributed by atoms with van der Waals surface area (Å²) in [7, 11) is 0. The van der Waals surface area contributed by atoms with E-state index in [1.165, 1.54) is 11.1 Å². The van der Waals surface area contributed by atoms with E-state index >= 15 is 0 Å². The normalized spacial score (nSPS) is 15.2. The fourth-order valence-electron chi connectivity index (χ4n) is 2.29. The lowest BCUT2D eigenvalue weighted by Gasteiger charge is -2.28. The van der Waals surface area contributed by atoms with Gasteiger partial charge in [0.05, 0.1) is 12.8 Å². The predicted octanol–water partition coefficient (Wildman–Crippen LogP) is 3.19. The Balaban J connectivity index is 1.75. The van der Waals surface area contributed by atoms with Gasteiger partial charge in [0, 0.05) is 12.1 Å². The lowest BCUT2D eigenvalue weighted by molar-refractivity contribution is 0.0823. The van der Waals surface area contributed by atoms with E-state index in [1.54, 1.807) is 6.26 Å². The number of ether oxygens (including phenoxy) is 1. The second-order valence-corrected chi connectivity index (χ2v) is 4.64. The number of benzene rings is 1. The van der Waals surface area contributed by atoms with Crippen LogP contribution in [0.3, 0.4) is 0 Å². The summed E-state index contributed by atoms with van der Waals surface area (Å²) in [6, 6.07) is 10.4. The molecule has 0 amide bonds. The summed E-state index contributed by atoms with van der Waals surface area (Å²) < 4.78 is 11.1. The molecule has 0 bridgehead atoms. The SMILES string of the molecule is CCc1ccc2c(c1)CN(Cc1ccco1)CO2. The Labute approximate surface area is 107 Å². The third kappa shape index (κ3) is 2.27. The maximum Gasteiger partial charge on any atom is 0.142 e. The van der Waals surface area contributed by atoms with Crippen molar-refractivity contribution in [2.24, 2.45) is 0 Å². The molecule has 18 heavy (non-hydrogen) atoms. The second-order valence-electron chi connectivity index (χ2n) is 4.64. The molecule has 1 aromatic carbocycles. The smallest absolute Gasteiger partial charge is 0.142 e. The summed E-state index contributed by atoms with van der Waals surface area (Å²) in [5.41, 5.74) is 2.63. The maximum atomic E-state index is 5.77. The Bertz CT molecular complexity index is 519. The van der Waals surface area contributed by atoms with Gasteiger partial charge in [-0.3, -0.25) is 4.90 Å². The van der Waals surface area contributed by atoms with Crippen molar-refractivity contribution >= 4 is 0 Å². The highest BCUT2D eigenvalue weighted by molar-refractivity contribution is 5.38. The molecule has 0 saturated carbocycles. The van der Waals surface area contributed by atoms with Crippen molar-refractivity contribution in [2.75, 3.05) is 6.73 Å². The Kier molecular flexibility index (Phi) is 3.07. The number of furan rings is 1. The van der Waals surface area contributed by atoms with Crippen LogP contribution in [0.5, 0.6) is 5.75 Å². The van der Waals surface area contributed by atoms with Gasteiger partial charge < -0.3 is 9.15 Å². The molecule has 3 heteroatoms. The largest absolute Gasteiger partial charge is 0.478 e. The summed E-state index contributed by atoms with van der Waals surface area (Å²) >= 11 is 0. The number of nitrogens with zero attached hydrogens (tertiary/aromatic N) is 1. The minimum Gasteiger partial charge on any atom is -0.478 e. The average molecular weight is 243 g/mol. The van der Waals surface area contributed by atoms with Crippen molar-refractivity contribution < 1.29 is 9.15 Å².